The molecule has 2 heterocycles. The van der Waals surface area contributed by atoms with Crippen LogP contribution in [-0.4, -0.2) is 0 Å². The second-order valence-corrected chi connectivity index (χ2v) is 14.2. The van der Waals surface area contributed by atoms with E-state index in [0.717, 1.165) is 44.3 Å². The number of nitrogens with zero attached hydrogens (tertiary/aromatic N) is 1. The maximum Gasteiger partial charge on any atom is 0.216 e. The molecule has 9 rings (SSSR count). The van der Waals surface area contributed by atoms with Gasteiger partial charge in [0.2, 0.25) is 5.69 Å². The highest BCUT2D eigenvalue weighted by molar-refractivity contribution is 6.14. The molecular weight excluding hydrogens is 565 g/mol. The number of hydrogen-bond donors (Lipinski definition) is 0. The predicted octanol–water partition coefficient (Wildman–Crippen LogP) is 10.8. The normalized spacial score (nSPS) is 15.2. The molecule has 0 spiro atoms. The monoisotopic (exact) mass is 600 g/mol. The minimum absolute atomic E-state index is 0.248. The minimum atomic E-state index is -0.349. The fourth-order valence-electron chi connectivity index (χ4n) is 8.67. The Morgan fingerprint density at radius 2 is 1.20 bits per heavy atom. The first-order valence-corrected chi connectivity index (χ1v) is 16.1. The highest BCUT2D eigenvalue weighted by Crippen LogP contribution is 2.62. The molecule has 0 N–H and O–H groups in total. The first-order valence-electron chi connectivity index (χ1n) is 16.1. The molecule has 7 aromatic rings. The van der Waals surface area contributed by atoms with Crippen molar-refractivity contribution in [2.75, 3.05) is 0 Å². The molecule has 0 saturated carbocycles. The van der Waals surface area contributed by atoms with Crippen LogP contribution >= 0.6 is 0 Å². The van der Waals surface area contributed by atoms with Gasteiger partial charge in [-0.25, -0.2) is 8.96 Å². The van der Waals surface area contributed by atoms with E-state index in [2.05, 4.69) is 131 Å². The summed E-state index contributed by atoms with van der Waals surface area (Å²) in [5.41, 5.74) is 15.5. The summed E-state index contributed by atoms with van der Waals surface area (Å²) < 4.78 is 25.7. The minimum Gasteiger partial charge on any atom is -0.454 e. The fraction of sp³-hybridized carbons (Fsp3) is 0.186. The van der Waals surface area contributed by atoms with Crippen molar-refractivity contribution in [3.05, 3.63) is 137 Å². The maximum atomic E-state index is 16.7. The number of benzene rings is 5. The van der Waals surface area contributed by atoms with Crippen LogP contribution in [0.3, 0.4) is 0 Å². The molecule has 0 radical (unpaired) electrons. The number of fused-ring (bicyclic) bond motifs is 10. The fourth-order valence-corrected chi connectivity index (χ4v) is 8.67. The van der Waals surface area contributed by atoms with Crippen molar-refractivity contribution in [1.82, 2.24) is 0 Å². The molecule has 224 valence electrons. The lowest BCUT2D eigenvalue weighted by Gasteiger charge is -2.28. The maximum absolute atomic E-state index is 16.7. The van der Waals surface area contributed by atoms with Crippen LogP contribution in [0.1, 0.15) is 55.5 Å². The molecule has 0 amide bonds. The van der Waals surface area contributed by atoms with Crippen molar-refractivity contribution in [3.63, 3.8) is 0 Å². The summed E-state index contributed by atoms with van der Waals surface area (Å²) >= 11 is 0. The molecule has 0 bridgehead atoms. The Morgan fingerprint density at radius 1 is 0.587 bits per heavy atom. The summed E-state index contributed by atoms with van der Waals surface area (Å²) in [6.45, 7) is 11.3. The molecule has 0 fully saturated rings. The SMILES string of the molecule is Cc1ccc2c(oc3c(-c4cc5c(c6c4C(C)(C)c4ccccc4-6)-c4ccccc4C5(C)C)c(F)ccc32)c1-c1cccc[n+]1C. The van der Waals surface area contributed by atoms with E-state index >= 15 is 4.39 Å². The summed E-state index contributed by atoms with van der Waals surface area (Å²) in [6, 6.07) is 33.8. The van der Waals surface area contributed by atoms with Gasteiger partial charge in [0.15, 0.2) is 6.20 Å². The highest BCUT2D eigenvalue weighted by atomic mass is 19.1. The van der Waals surface area contributed by atoms with Gasteiger partial charge in [0.05, 0.1) is 11.1 Å². The lowest BCUT2D eigenvalue weighted by Crippen LogP contribution is -2.30. The van der Waals surface area contributed by atoms with E-state index in [1.165, 1.54) is 38.9 Å². The Balaban J connectivity index is 1.44. The molecule has 46 heavy (non-hydrogen) atoms. The van der Waals surface area contributed by atoms with E-state index in [9.17, 15) is 0 Å². The standard InChI is InChI=1S/C43H35FNO/c1-24-18-19-25-26-20-21-33(44)37(41(26)46-40(25)35(24)34-17-11-12-22-45(34)6)29-23-32-36(27-13-7-9-15-30(27)42(32,2)3)38-28-14-8-10-16-31(28)43(4,5)39(29)38/h7-23H,1-6H3/q+1. The van der Waals surface area contributed by atoms with Crippen molar-refractivity contribution in [2.24, 2.45) is 7.05 Å². The molecule has 2 aromatic heterocycles. The summed E-state index contributed by atoms with van der Waals surface area (Å²) in [7, 11) is 2.05. The zero-order chi connectivity index (χ0) is 31.7. The van der Waals surface area contributed by atoms with Crippen molar-refractivity contribution in [2.45, 2.75) is 45.4 Å². The van der Waals surface area contributed by atoms with Crippen LogP contribution in [-0.2, 0) is 17.9 Å². The zero-order valence-electron chi connectivity index (χ0n) is 27.0. The van der Waals surface area contributed by atoms with Crippen LogP contribution < -0.4 is 4.57 Å². The number of aromatic nitrogens is 1. The van der Waals surface area contributed by atoms with Crippen LogP contribution in [0.15, 0.2) is 108 Å². The Hall–Kier alpha value is -5.02. The summed E-state index contributed by atoms with van der Waals surface area (Å²) in [4.78, 5) is 0. The molecule has 0 saturated heterocycles. The molecule has 0 aliphatic heterocycles. The molecular formula is C43H35FNO+. The van der Waals surface area contributed by atoms with E-state index in [4.69, 9.17) is 4.42 Å². The van der Waals surface area contributed by atoms with Crippen LogP contribution in [0.4, 0.5) is 4.39 Å². The van der Waals surface area contributed by atoms with Gasteiger partial charge in [-0.15, -0.1) is 0 Å². The Morgan fingerprint density at radius 3 is 1.91 bits per heavy atom. The van der Waals surface area contributed by atoms with Gasteiger partial charge in [-0.2, -0.15) is 0 Å². The first kappa shape index (κ1) is 27.3. The predicted molar refractivity (Wildman–Crippen MR) is 186 cm³/mol. The Kier molecular flexibility index (Phi) is 5.37. The largest absolute Gasteiger partial charge is 0.454 e. The van der Waals surface area contributed by atoms with Crippen molar-refractivity contribution < 1.29 is 13.4 Å². The number of furan rings is 1. The number of hydrogen-bond acceptors (Lipinski definition) is 1. The molecule has 0 atom stereocenters. The number of rotatable bonds is 2. The lowest BCUT2D eigenvalue weighted by molar-refractivity contribution is -0.660. The van der Waals surface area contributed by atoms with Gasteiger partial charge in [0, 0.05) is 33.7 Å². The van der Waals surface area contributed by atoms with Crippen LogP contribution in [0.2, 0.25) is 0 Å². The van der Waals surface area contributed by atoms with Gasteiger partial charge in [0.1, 0.15) is 24.0 Å². The van der Waals surface area contributed by atoms with Crippen LogP contribution in [0, 0.1) is 12.7 Å². The van der Waals surface area contributed by atoms with Crippen LogP contribution in [0.5, 0.6) is 0 Å². The van der Waals surface area contributed by atoms with Gasteiger partial charge in [-0.05, 0) is 86.8 Å². The third-order valence-electron chi connectivity index (χ3n) is 10.9. The number of halogens is 1. The van der Waals surface area contributed by atoms with Crippen LogP contribution in [0.25, 0.3) is 66.6 Å². The molecule has 2 nitrogen and oxygen atoms in total. The second-order valence-electron chi connectivity index (χ2n) is 14.2. The van der Waals surface area contributed by atoms with E-state index < -0.39 is 0 Å². The van der Waals surface area contributed by atoms with Gasteiger partial charge in [0.25, 0.3) is 0 Å². The van der Waals surface area contributed by atoms with E-state index in [1.807, 2.05) is 12.1 Å². The number of pyridine rings is 1. The second kappa shape index (κ2) is 9.04. The smallest absolute Gasteiger partial charge is 0.216 e. The van der Waals surface area contributed by atoms with Crippen molar-refractivity contribution in [3.8, 4) is 44.6 Å². The third-order valence-corrected chi connectivity index (χ3v) is 10.9. The molecule has 5 aromatic carbocycles. The quantitative estimate of drug-likeness (QED) is 0.180. The summed E-state index contributed by atoms with van der Waals surface area (Å²) in [6.07, 6.45) is 2.05. The average Bonchev–Trinajstić information content (AvgIpc) is 3.61. The molecule has 2 aliphatic carbocycles. The first-order chi connectivity index (χ1) is 22.1. The summed E-state index contributed by atoms with van der Waals surface area (Å²) in [5.74, 6) is -0.266. The van der Waals surface area contributed by atoms with Gasteiger partial charge in [-0.3, -0.25) is 0 Å². The zero-order valence-corrected chi connectivity index (χ0v) is 27.0. The van der Waals surface area contributed by atoms with E-state index in [-0.39, 0.29) is 16.6 Å². The average molecular weight is 601 g/mol. The Bertz CT molecular complexity index is 2460. The highest BCUT2D eigenvalue weighted by Gasteiger charge is 2.45. The van der Waals surface area contributed by atoms with Crippen molar-refractivity contribution >= 4 is 21.9 Å². The lowest BCUT2D eigenvalue weighted by atomic mass is 9.75. The topological polar surface area (TPSA) is 17.0 Å². The molecule has 2 aliphatic rings. The van der Waals surface area contributed by atoms with Gasteiger partial charge < -0.3 is 4.42 Å². The Labute approximate surface area is 268 Å². The van der Waals surface area contributed by atoms with Crippen molar-refractivity contribution in [1.29, 1.82) is 0 Å². The van der Waals surface area contributed by atoms with E-state index in [1.54, 1.807) is 6.07 Å². The molecule has 0 unspecified atom stereocenters. The number of aryl methyl sites for hydroxylation is 2. The van der Waals surface area contributed by atoms with Gasteiger partial charge >= 0.3 is 0 Å². The third kappa shape index (κ3) is 3.33. The van der Waals surface area contributed by atoms with Gasteiger partial charge in [-0.1, -0.05) is 88.4 Å². The van der Waals surface area contributed by atoms with E-state index in [0.29, 0.717) is 11.1 Å². The molecule has 3 heteroatoms. The summed E-state index contributed by atoms with van der Waals surface area (Å²) in [5, 5.41) is 1.92.